The van der Waals surface area contributed by atoms with Gasteiger partial charge in [-0.2, -0.15) is 5.10 Å². The summed E-state index contributed by atoms with van der Waals surface area (Å²) in [5.74, 6) is 0.611. The van der Waals surface area contributed by atoms with Crippen LogP contribution in [-0.2, 0) is 7.05 Å². The van der Waals surface area contributed by atoms with Gasteiger partial charge in [0.25, 0.3) is 5.91 Å². The number of aromatic nitrogens is 2. The van der Waals surface area contributed by atoms with Gasteiger partial charge in [0.2, 0.25) is 0 Å². The van der Waals surface area contributed by atoms with E-state index in [1.807, 2.05) is 29.6 Å². The molecule has 0 aliphatic heterocycles. The number of fused-ring (bicyclic) bond motifs is 1. The van der Waals surface area contributed by atoms with Crippen LogP contribution in [0, 0.1) is 12.8 Å². The molecule has 0 aliphatic rings. The van der Waals surface area contributed by atoms with E-state index in [0.29, 0.717) is 5.92 Å². The van der Waals surface area contributed by atoms with Gasteiger partial charge in [0.05, 0.1) is 10.6 Å². The molecule has 6 heteroatoms. The Hall–Kier alpha value is -1.40. The minimum atomic E-state index is 0.149. The SMILES string of the molecule is CCN(CC)CCN(CC(C)C)C(=O)c1cc2c(C)nn(C)c2s1. The Morgan fingerprint density at radius 2 is 1.96 bits per heavy atom. The van der Waals surface area contributed by atoms with Gasteiger partial charge in [-0.05, 0) is 32.0 Å². The molecule has 24 heavy (non-hydrogen) atoms. The molecule has 0 saturated carbocycles. The zero-order valence-corrected chi connectivity index (χ0v) is 16.6. The van der Waals surface area contributed by atoms with Gasteiger partial charge in [0.1, 0.15) is 4.83 Å². The van der Waals surface area contributed by atoms with E-state index in [1.54, 1.807) is 11.3 Å². The van der Waals surface area contributed by atoms with Crippen LogP contribution in [0.3, 0.4) is 0 Å². The van der Waals surface area contributed by atoms with E-state index in [-0.39, 0.29) is 5.91 Å². The highest BCUT2D eigenvalue weighted by Crippen LogP contribution is 2.28. The van der Waals surface area contributed by atoms with E-state index in [1.165, 1.54) is 0 Å². The van der Waals surface area contributed by atoms with Crippen molar-refractivity contribution < 1.29 is 4.79 Å². The van der Waals surface area contributed by atoms with Crippen molar-refractivity contribution in [2.24, 2.45) is 13.0 Å². The van der Waals surface area contributed by atoms with Gasteiger partial charge in [-0.1, -0.05) is 27.7 Å². The highest BCUT2D eigenvalue weighted by Gasteiger charge is 2.21. The number of thiophene rings is 1. The fourth-order valence-electron chi connectivity index (χ4n) is 2.98. The van der Waals surface area contributed by atoms with E-state index in [9.17, 15) is 4.79 Å². The Balaban J connectivity index is 2.20. The van der Waals surface area contributed by atoms with Crippen LogP contribution >= 0.6 is 11.3 Å². The number of carbonyl (C=O) groups excluding carboxylic acids is 1. The van der Waals surface area contributed by atoms with Gasteiger partial charge in [0, 0.05) is 32.1 Å². The van der Waals surface area contributed by atoms with E-state index in [0.717, 1.165) is 53.5 Å². The quantitative estimate of drug-likeness (QED) is 0.733. The van der Waals surface area contributed by atoms with Crippen LogP contribution in [0.1, 0.15) is 43.1 Å². The van der Waals surface area contributed by atoms with Gasteiger partial charge >= 0.3 is 0 Å². The largest absolute Gasteiger partial charge is 0.336 e. The van der Waals surface area contributed by atoms with Gasteiger partial charge in [0.15, 0.2) is 0 Å². The number of hydrogen-bond acceptors (Lipinski definition) is 4. The van der Waals surface area contributed by atoms with Crippen LogP contribution in [-0.4, -0.2) is 58.2 Å². The summed E-state index contributed by atoms with van der Waals surface area (Å²) in [7, 11) is 1.94. The molecular formula is C18H30N4OS. The highest BCUT2D eigenvalue weighted by atomic mass is 32.1. The number of likely N-dealkylation sites (N-methyl/N-ethyl adjacent to an activating group) is 1. The molecule has 0 radical (unpaired) electrons. The third-order valence-electron chi connectivity index (χ3n) is 4.36. The molecule has 134 valence electrons. The number of hydrogen-bond donors (Lipinski definition) is 0. The predicted octanol–water partition coefficient (Wildman–Crippen LogP) is 3.38. The number of amides is 1. The molecule has 1 amide bonds. The van der Waals surface area contributed by atoms with Crippen molar-refractivity contribution in [2.75, 3.05) is 32.7 Å². The maximum absolute atomic E-state index is 13.0. The Morgan fingerprint density at radius 1 is 1.29 bits per heavy atom. The van der Waals surface area contributed by atoms with Crippen molar-refractivity contribution in [3.05, 3.63) is 16.6 Å². The summed E-state index contributed by atoms with van der Waals surface area (Å²) in [6.45, 7) is 15.2. The lowest BCUT2D eigenvalue weighted by molar-refractivity contribution is 0.0721. The third-order valence-corrected chi connectivity index (χ3v) is 5.55. The lowest BCUT2D eigenvalue weighted by Crippen LogP contribution is -2.40. The molecule has 2 aromatic heterocycles. The Labute approximate surface area is 149 Å². The highest BCUT2D eigenvalue weighted by molar-refractivity contribution is 7.20. The first kappa shape index (κ1) is 18.9. The second-order valence-electron chi connectivity index (χ2n) is 6.71. The fraction of sp³-hybridized carbons (Fsp3) is 0.667. The van der Waals surface area contributed by atoms with Crippen LogP contribution in [0.2, 0.25) is 0 Å². The number of rotatable bonds is 8. The van der Waals surface area contributed by atoms with Crippen molar-refractivity contribution in [1.82, 2.24) is 19.6 Å². The smallest absolute Gasteiger partial charge is 0.264 e. The average Bonchev–Trinajstić information content (AvgIpc) is 3.08. The summed E-state index contributed by atoms with van der Waals surface area (Å²) in [6, 6.07) is 2.01. The Morgan fingerprint density at radius 3 is 2.50 bits per heavy atom. The zero-order chi connectivity index (χ0) is 17.9. The predicted molar refractivity (Wildman–Crippen MR) is 102 cm³/mol. The molecule has 0 N–H and O–H groups in total. The molecule has 0 aromatic carbocycles. The molecule has 5 nitrogen and oxygen atoms in total. The normalized spacial score (nSPS) is 11.8. The molecule has 0 atom stereocenters. The average molecular weight is 351 g/mol. The van der Waals surface area contributed by atoms with Crippen LogP contribution in [0.4, 0.5) is 0 Å². The first-order valence-corrected chi connectivity index (χ1v) is 9.63. The van der Waals surface area contributed by atoms with Gasteiger partial charge in [-0.25, -0.2) is 0 Å². The Bertz CT molecular complexity index is 650. The van der Waals surface area contributed by atoms with Crippen LogP contribution in [0.5, 0.6) is 0 Å². The molecule has 0 bridgehead atoms. The van der Waals surface area contributed by atoms with Crippen molar-refractivity contribution in [3.8, 4) is 0 Å². The van der Waals surface area contributed by atoms with Gasteiger partial charge in [-0.3, -0.25) is 9.48 Å². The minimum absolute atomic E-state index is 0.149. The minimum Gasteiger partial charge on any atom is -0.336 e. The monoisotopic (exact) mass is 350 g/mol. The second-order valence-corrected chi connectivity index (χ2v) is 7.74. The van der Waals surface area contributed by atoms with E-state index >= 15 is 0 Å². The molecule has 0 saturated heterocycles. The lowest BCUT2D eigenvalue weighted by atomic mass is 10.2. The van der Waals surface area contributed by atoms with Gasteiger partial charge in [-0.15, -0.1) is 11.3 Å². The number of carbonyl (C=O) groups is 1. The molecule has 2 aromatic rings. The summed E-state index contributed by atoms with van der Waals surface area (Å²) < 4.78 is 1.87. The van der Waals surface area contributed by atoms with E-state index in [2.05, 4.69) is 37.7 Å². The first-order chi connectivity index (χ1) is 11.4. The maximum atomic E-state index is 13.0. The molecule has 0 unspecified atom stereocenters. The van der Waals surface area contributed by atoms with Crippen molar-refractivity contribution in [2.45, 2.75) is 34.6 Å². The number of aryl methyl sites for hydroxylation is 2. The summed E-state index contributed by atoms with van der Waals surface area (Å²) in [5.41, 5.74) is 0.987. The summed E-state index contributed by atoms with van der Waals surface area (Å²) >= 11 is 1.55. The van der Waals surface area contributed by atoms with Crippen molar-refractivity contribution >= 4 is 27.5 Å². The molecular weight excluding hydrogens is 320 g/mol. The van der Waals surface area contributed by atoms with Crippen LogP contribution in [0.15, 0.2) is 6.07 Å². The molecule has 0 spiro atoms. The lowest BCUT2D eigenvalue weighted by Gasteiger charge is -2.27. The molecule has 2 heterocycles. The Kier molecular flexibility index (Phi) is 6.40. The first-order valence-electron chi connectivity index (χ1n) is 8.82. The van der Waals surface area contributed by atoms with E-state index in [4.69, 9.17) is 0 Å². The van der Waals surface area contributed by atoms with Crippen LogP contribution < -0.4 is 0 Å². The molecule has 0 aliphatic carbocycles. The van der Waals surface area contributed by atoms with Crippen LogP contribution in [0.25, 0.3) is 10.2 Å². The number of nitrogens with zero attached hydrogens (tertiary/aromatic N) is 4. The standard InChI is InChI=1S/C18H30N4OS/c1-7-21(8-2)9-10-22(12-13(3)4)17(23)16-11-15-14(5)19-20(6)18(15)24-16/h11,13H,7-10,12H2,1-6H3. The molecule has 0 fully saturated rings. The van der Waals surface area contributed by atoms with Gasteiger partial charge < -0.3 is 9.80 Å². The maximum Gasteiger partial charge on any atom is 0.264 e. The topological polar surface area (TPSA) is 41.4 Å². The fourth-order valence-corrected chi connectivity index (χ4v) is 4.08. The zero-order valence-electron chi connectivity index (χ0n) is 15.8. The van der Waals surface area contributed by atoms with Crippen molar-refractivity contribution in [1.29, 1.82) is 0 Å². The summed E-state index contributed by atoms with van der Waals surface area (Å²) in [5, 5.41) is 5.52. The summed E-state index contributed by atoms with van der Waals surface area (Å²) in [6.07, 6.45) is 0. The van der Waals surface area contributed by atoms with Crippen molar-refractivity contribution in [3.63, 3.8) is 0 Å². The molecule has 2 rings (SSSR count). The third kappa shape index (κ3) is 4.16. The second kappa shape index (κ2) is 8.12. The summed E-state index contributed by atoms with van der Waals surface area (Å²) in [4.78, 5) is 19.3. The van der Waals surface area contributed by atoms with E-state index < -0.39 is 0 Å².